The summed E-state index contributed by atoms with van der Waals surface area (Å²) in [5.74, 6) is -1.60. The molecule has 1 fully saturated rings. The van der Waals surface area contributed by atoms with Crippen molar-refractivity contribution in [1.29, 1.82) is 0 Å². The number of hydrogen-bond acceptors (Lipinski definition) is 7. The average molecular weight is 349 g/mol. The standard InChI is InChI=1S/C17H35NO6/c1-5-12(9-7-6-8-10-17(3,21)22)24-16-15(20)13(18-4)14(19)11(2)23-16/h11-16,18-22H,5-10H2,1-4H3. The summed E-state index contributed by atoms with van der Waals surface area (Å²) < 4.78 is 11.5. The molecule has 1 saturated heterocycles. The van der Waals surface area contributed by atoms with E-state index in [9.17, 15) is 20.4 Å². The van der Waals surface area contributed by atoms with E-state index in [4.69, 9.17) is 9.47 Å². The molecule has 1 aliphatic heterocycles. The van der Waals surface area contributed by atoms with Crippen LogP contribution in [0.3, 0.4) is 0 Å². The molecule has 1 rings (SSSR count). The molecule has 1 heterocycles. The number of nitrogens with one attached hydrogen (secondary N) is 1. The number of likely N-dealkylation sites (N-methyl/N-ethyl adjacent to an activating group) is 1. The first-order valence-electron chi connectivity index (χ1n) is 8.98. The van der Waals surface area contributed by atoms with Crippen molar-refractivity contribution < 1.29 is 29.9 Å². The Morgan fingerprint density at radius 2 is 1.83 bits per heavy atom. The summed E-state index contributed by atoms with van der Waals surface area (Å²) in [7, 11) is 1.69. The summed E-state index contributed by atoms with van der Waals surface area (Å²) in [4.78, 5) is 0. The smallest absolute Gasteiger partial charge is 0.185 e. The van der Waals surface area contributed by atoms with Crippen LogP contribution in [0.25, 0.3) is 0 Å². The number of rotatable bonds is 10. The molecule has 1 aliphatic rings. The molecule has 0 amide bonds. The minimum absolute atomic E-state index is 0.0424. The van der Waals surface area contributed by atoms with Gasteiger partial charge in [-0.25, -0.2) is 0 Å². The van der Waals surface area contributed by atoms with Crippen LogP contribution in [0, 0.1) is 0 Å². The molecule has 144 valence electrons. The summed E-state index contributed by atoms with van der Waals surface area (Å²) in [5.41, 5.74) is 0. The molecule has 0 bridgehead atoms. The van der Waals surface area contributed by atoms with Gasteiger partial charge in [-0.3, -0.25) is 0 Å². The third kappa shape index (κ3) is 6.92. The topological polar surface area (TPSA) is 111 Å². The molecule has 0 aromatic carbocycles. The van der Waals surface area contributed by atoms with Crippen molar-refractivity contribution in [2.24, 2.45) is 0 Å². The van der Waals surface area contributed by atoms with Gasteiger partial charge in [0.05, 0.1) is 24.4 Å². The van der Waals surface area contributed by atoms with Gasteiger partial charge in [0.25, 0.3) is 0 Å². The van der Waals surface area contributed by atoms with Crippen LogP contribution in [0.1, 0.15) is 59.3 Å². The van der Waals surface area contributed by atoms with Crippen LogP contribution in [0.15, 0.2) is 0 Å². The van der Waals surface area contributed by atoms with E-state index in [1.807, 2.05) is 6.92 Å². The van der Waals surface area contributed by atoms with Crippen molar-refractivity contribution in [2.75, 3.05) is 7.05 Å². The van der Waals surface area contributed by atoms with Gasteiger partial charge in [0.2, 0.25) is 0 Å². The van der Waals surface area contributed by atoms with E-state index < -0.39 is 36.4 Å². The molecule has 24 heavy (non-hydrogen) atoms. The highest BCUT2D eigenvalue weighted by Gasteiger charge is 2.43. The summed E-state index contributed by atoms with van der Waals surface area (Å²) in [5, 5.41) is 41.8. The Bertz CT molecular complexity index is 348. The predicted octanol–water partition coefficient (Wildman–Crippen LogP) is 0.488. The lowest BCUT2D eigenvalue weighted by molar-refractivity contribution is -0.284. The van der Waals surface area contributed by atoms with Crippen LogP contribution in [0.4, 0.5) is 0 Å². The number of aliphatic hydroxyl groups excluding tert-OH is 2. The third-order valence-corrected chi connectivity index (χ3v) is 4.64. The Hall–Kier alpha value is -0.280. The number of ether oxygens (including phenoxy) is 2. The van der Waals surface area contributed by atoms with Crippen molar-refractivity contribution in [2.45, 2.75) is 102 Å². The Kier molecular flexibility index (Phi) is 9.08. The van der Waals surface area contributed by atoms with Crippen molar-refractivity contribution in [1.82, 2.24) is 5.32 Å². The van der Waals surface area contributed by atoms with E-state index in [1.165, 1.54) is 6.92 Å². The molecule has 7 nitrogen and oxygen atoms in total. The Labute approximate surface area is 145 Å². The molecular formula is C17H35NO6. The zero-order valence-electron chi connectivity index (χ0n) is 15.3. The Morgan fingerprint density at radius 1 is 1.17 bits per heavy atom. The second kappa shape index (κ2) is 10.0. The van der Waals surface area contributed by atoms with Gasteiger partial charge in [0.15, 0.2) is 12.1 Å². The summed E-state index contributed by atoms with van der Waals surface area (Å²) in [6, 6.07) is -0.483. The molecule has 0 saturated carbocycles. The van der Waals surface area contributed by atoms with E-state index in [2.05, 4.69) is 5.32 Å². The summed E-state index contributed by atoms with van der Waals surface area (Å²) >= 11 is 0. The van der Waals surface area contributed by atoms with Crippen LogP contribution in [0.5, 0.6) is 0 Å². The lowest BCUT2D eigenvalue weighted by Gasteiger charge is -2.42. The molecule has 0 aromatic rings. The fourth-order valence-corrected chi connectivity index (χ4v) is 3.06. The lowest BCUT2D eigenvalue weighted by Crippen LogP contribution is -2.62. The number of hydrogen-bond donors (Lipinski definition) is 5. The minimum Gasteiger partial charge on any atom is -0.389 e. The molecular weight excluding hydrogens is 314 g/mol. The largest absolute Gasteiger partial charge is 0.389 e. The summed E-state index contributed by atoms with van der Waals surface area (Å²) in [6.07, 6.45) is 1.58. The molecule has 0 spiro atoms. The van der Waals surface area contributed by atoms with Crippen LogP contribution in [-0.2, 0) is 9.47 Å². The second-order valence-corrected chi connectivity index (χ2v) is 6.99. The van der Waals surface area contributed by atoms with Crippen molar-refractivity contribution in [3.63, 3.8) is 0 Å². The molecule has 0 aliphatic carbocycles. The molecule has 5 N–H and O–H groups in total. The van der Waals surface area contributed by atoms with Crippen LogP contribution in [-0.4, -0.2) is 70.0 Å². The summed E-state index contributed by atoms with van der Waals surface area (Å²) in [6.45, 7) is 5.17. The van der Waals surface area contributed by atoms with Crippen molar-refractivity contribution >= 4 is 0 Å². The molecule has 6 unspecified atom stereocenters. The first kappa shape index (κ1) is 21.8. The monoisotopic (exact) mass is 349 g/mol. The van der Waals surface area contributed by atoms with Crippen LogP contribution < -0.4 is 5.32 Å². The predicted molar refractivity (Wildman–Crippen MR) is 90.3 cm³/mol. The Morgan fingerprint density at radius 3 is 2.38 bits per heavy atom. The van der Waals surface area contributed by atoms with Gasteiger partial charge in [-0.2, -0.15) is 0 Å². The maximum atomic E-state index is 10.3. The van der Waals surface area contributed by atoms with Gasteiger partial charge in [-0.1, -0.05) is 19.8 Å². The fourth-order valence-electron chi connectivity index (χ4n) is 3.06. The van der Waals surface area contributed by atoms with E-state index in [0.29, 0.717) is 6.42 Å². The fraction of sp³-hybridized carbons (Fsp3) is 1.00. The highest BCUT2D eigenvalue weighted by Crippen LogP contribution is 2.24. The Balaban J connectivity index is 2.41. The van der Waals surface area contributed by atoms with E-state index >= 15 is 0 Å². The maximum Gasteiger partial charge on any atom is 0.185 e. The first-order valence-corrected chi connectivity index (χ1v) is 8.98. The van der Waals surface area contributed by atoms with Gasteiger partial charge >= 0.3 is 0 Å². The van der Waals surface area contributed by atoms with E-state index in [0.717, 1.165) is 32.1 Å². The molecule has 0 aromatic heterocycles. The highest BCUT2D eigenvalue weighted by atomic mass is 16.7. The molecule has 6 atom stereocenters. The molecule has 7 heteroatoms. The van der Waals surface area contributed by atoms with Gasteiger partial charge < -0.3 is 35.2 Å². The number of aliphatic hydroxyl groups is 4. The van der Waals surface area contributed by atoms with E-state index in [-0.39, 0.29) is 6.10 Å². The van der Waals surface area contributed by atoms with Gasteiger partial charge in [-0.15, -0.1) is 0 Å². The lowest BCUT2D eigenvalue weighted by atomic mass is 9.97. The minimum atomic E-state index is -1.60. The van der Waals surface area contributed by atoms with Gasteiger partial charge in [0, 0.05) is 6.42 Å². The quantitative estimate of drug-likeness (QED) is 0.288. The average Bonchev–Trinajstić information content (AvgIpc) is 2.50. The second-order valence-electron chi connectivity index (χ2n) is 6.99. The maximum absolute atomic E-state index is 10.3. The van der Waals surface area contributed by atoms with Crippen LogP contribution >= 0.6 is 0 Å². The zero-order valence-corrected chi connectivity index (χ0v) is 15.3. The van der Waals surface area contributed by atoms with Crippen molar-refractivity contribution in [3.05, 3.63) is 0 Å². The SMILES string of the molecule is CCC(CCCCCC(C)(O)O)OC1OC(C)C(O)C(NC)C1O. The van der Waals surface area contributed by atoms with E-state index in [1.54, 1.807) is 14.0 Å². The first-order chi connectivity index (χ1) is 11.2. The highest BCUT2D eigenvalue weighted by molar-refractivity contribution is 4.92. The molecule has 0 radical (unpaired) electrons. The van der Waals surface area contributed by atoms with Crippen LogP contribution in [0.2, 0.25) is 0 Å². The van der Waals surface area contributed by atoms with Gasteiger partial charge in [0.1, 0.15) is 6.10 Å². The normalized spacial score (nSPS) is 32.8. The number of unbranched alkanes of at least 4 members (excludes halogenated alkanes) is 2. The van der Waals surface area contributed by atoms with Gasteiger partial charge in [-0.05, 0) is 40.2 Å². The third-order valence-electron chi connectivity index (χ3n) is 4.64. The zero-order chi connectivity index (χ0) is 18.3. The van der Waals surface area contributed by atoms with Crippen molar-refractivity contribution in [3.8, 4) is 0 Å².